The van der Waals surface area contributed by atoms with Crippen molar-refractivity contribution in [2.75, 3.05) is 0 Å². The lowest BCUT2D eigenvalue weighted by Gasteiger charge is -2.23. The Kier molecular flexibility index (Phi) is 5.42. The van der Waals surface area contributed by atoms with E-state index in [-0.39, 0.29) is 6.04 Å². The van der Waals surface area contributed by atoms with Crippen molar-refractivity contribution in [2.24, 2.45) is 0 Å². The third-order valence-electron chi connectivity index (χ3n) is 2.79. The number of halogens is 1. The van der Waals surface area contributed by atoms with Crippen LogP contribution in [0.25, 0.3) is 0 Å². The van der Waals surface area contributed by atoms with Gasteiger partial charge in [-0.15, -0.1) is 11.3 Å². The number of nitrogens with zero attached hydrogens (tertiary/aromatic N) is 1. The molecule has 2 aromatic rings. The molecule has 0 saturated heterocycles. The Hall–Kier alpha value is -1.59. The first kappa shape index (κ1) is 16.8. The van der Waals surface area contributed by atoms with Gasteiger partial charge in [0.1, 0.15) is 10.6 Å². The third kappa shape index (κ3) is 5.31. The lowest BCUT2D eigenvalue weighted by molar-refractivity contribution is 0.0503. The summed E-state index contributed by atoms with van der Waals surface area (Å²) in [5, 5.41) is 6.32. The maximum Gasteiger partial charge on any atom is 0.408 e. The van der Waals surface area contributed by atoms with E-state index in [4.69, 9.17) is 16.3 Å². The highest BCUT2D eigenvalue weighted by molar-refractivity contribution is 7.09. The van der Waals surface area contributed by atoms with Gasteiger partial charge in [0.2, 0.25) is 0 Å². The number of hydrogen-bond acceptors (Lipinski definition) is 4. The number of carbonyl (C=O) groups is 1. The van der Waals surface area contributed by atoms with Gasteiger partial charge in [0.05, 0.1) is 6.04 Å². The molecule has 1 aromatic carbocycles. The number of alkyl carbamates (subject to hydrolysis) is 1. The number of benzene rings is 1. The molecule has 0 unspecified atom stereocenters. The summed E-state index contributed by atoms with van der Waals surface area (Å²) in [6.07, 6.45) is 1.91. The first-order valence-corrected chi connectivity index (χ1v) is 8.22. The molecule has 0 aliphatic heterocycles. The molecule has 1 heterocycles. The molecule has 1 amide bonds. The number of nitrogens with one attached hydrogen (secondary N) is 1. The van der Waals surface area contributed by atoms with Crippen LogP contribution >= 0.6 is 22.9 Å². The van der Waals surface area contributed by atoms with Crippen LogP contribution in [0.5, 0.6) is 0 Å². The van der Waals surface area contributed by atoms with Crippen molar-refractivity contribution in [1.82, 2.24) is 10.3 Å². The first-order valence-electron chi connectivity index (χ1n) is 6.97. The lowest BCUT2D eigenvalue weighted by Crippen LogP contribution is -2.35. The van der Waals surface area contributed by atoms with Crippen molar-refractivity contribution in [3.63, 3.8) is 0 Å². The molecule has 22 heavy (non-hydrogen) atoms. The fourth-order valence-corrected chi connectivity index (χ4v) is 2.73. The summed E-state index contributed by atoms with van der Waals surface area (Å²) < 4.78 is 5.33. The van der Waals surface area contributed by atoms with Crippen molar-refractivity contribution in [3.05, 3.63) is 51.4 Å². The van der Waals surface area contributed by atoms with Crippen molar-refractivity contribution in [2.45, 2.75) is 38.8 Å². The molecule has 4 nitrogen and oxygen atoms in total. The van der Waals surface area contributed by atoms with Crippen LogP contribution in [0.15, 0.2) is 35.8 Å². The van der Waals surface area contributed by atoms with Gasteiger partial charge in [0, 0.05) is 16.6 Å². The van der Waals surface area contributed by atoms with E-state index in [0.29, 0.717) is 11.4 Å². The van der Waals surface area contributed by atoms with E-state index in [1.165, 1.54) is 11.3 Å². The summed E-state index contributed by atoms with van der Waals surface area (Å²) in [5.41, 5.74) is 0.540. The summed E-state index contributed by atoms with van der Waals surface area (Å²) in [6.45, 7) is 5.51. The zero-order valence-electron chi connectivity index (χ0n) is 12.8. The Morgan fingerprint density at radius 2 is 2.05 bits per heavy atom. The lowest BCUT2D eigenvalue weighted by atomic mass is 10.1. The van der Waals surface area contributed by atoms with E-state index in [0.717, 1.165) is 10.6 Å². The molecular formula is C16H19ClN2O2S. The molecule has 0 fully saturated rings. The molecule has 1 aromatic heterocycles. The maximum atomic E-state index is 12.0. The van der Waals surface area contributed by atoms with Gasteiger partial charge >= 0.3 is 6.09 Å². The molecule has 118 valence electrons. The molecule has 0 spiro atoms. The number of amides is 1. The summed E-state index contributed by atoms with van der Waals surface area (Å²) in [6, 6.07) is 7.34. The van der Waals surface area contributed by atoms with Crippen molar-refractivity contribution < 1.29 is 9.53 Å². The van der Waals surface area contributed by atoms with E-state index in [1.807, 2.05) is 50.4 Å². The van der Waals surface area contributed by atoms with Crippen LogP contribution in [-0.4, -0.2) is 16.7 Å². The maximum absolute atomic E-state index is 12.0. The van der Waals surface area contributed by atoms with Crippen LogP contribution in [0.1, 0.15) is 37.4 Å². The highest BCUT2D eigenvalue weighted by Gasteiger charge is 2.22. The first-order chi connectivity index (χ1) is 10.3. The van der Waals surface area contributed by atoms with Crippen molar-refractivity contribution >= 4 is 29.0 Å². The number of hydrogen-bond donors (Lipinski definition) is 1. The second-order valence-electron chi connectivity index (χ2n) is 5.90. The monoisotopic (exact) mass is 338 g/mol. The minimum Gasteiger partial charge on any atom is -0.444 e. The summed E-state index contributed by atoms with van der Waals surface area (Å²) in [5.74, 6) is 0. The number of rotatable bonds is 4. The van der Waals surface area contributed by atoms with E-state index in [1.54, 1.807) is 6.20 Å². The minimum atomic E-state index is -0.530. The average molecular weight is 339 g/mol. The number of carbonyl (C=O) groups excluding carboxylic acids is 1. The van der Waals surface area contributed by atoms with Crippen LogP contribution < -0.4 is 5.32 Å². The Bertz CT molecular complexity index is 606. The van der Waals surface area contributed by atoms with Crippen LogP contribution in [0, 0.1) is 0 Å². The molecule has 0 aliphatic rings. The van der Waals surface area contributed by atoms with E-state index < -0.39 is 11.7 Å². The quantitative estimate of drug-likeness (QED) is 0.886. The van der Waals surface area contributed by atoms with Crippen LogP contribution in [-0.2, 0) is 11.2 Å². The molecule has 6 heteroatoms. The largest absolute Gasteiger partial charge is 0.444 e. The van der Waals surface area contributed by atoms with Crippen molar-refractivity contribution in [1.29, 1.82) is 0 Å². The molecule has 0 bridgehead atoms. The van der Waals surface area contributed by atoms with Gasteiger partial charge in [-0.2, -0.15) is 0 Å². The van der Waals surface area contributed by atoms with E-state index >= 15 is 0 Å². The predicted octanol–water partition coefficient (Wildman–Crippen LogP) is 4.61. The van der Waals surface area contributed by atoms with Gasteiger partial charge < -0.3 is 10.1 Å². The Labute approximate surface area is 139 Å². The normalized spacial score (nSPS) is 12.7. The average Bonchev–Trinajstić information content (AvgIpc) is 2.92. The SMILES string of the molecule is CC(C)(C)OC(=O)N[C@H](Cc1ccc(Cl)cc1)c1nccs1. The Morgan fingerprint density at radius 3 is 2.59 bits per heavy atom. The van der Waals surface area contributed by atoms with Crippen molar-refractivity contribution in [3.8, 4) is 0 Å². The highest BCUT2D eigenvalue weighted by Crippen LogP contribution is 2.22. The molecule has 2 rings (SSSR count). The van der Waals surface area contributed by atoms with Gasteiger partial charge in [-0.05, 0) is 44.9 Å². The fourth-order valence-electron chi connectivity index (χ4n) is 1.91. The molecule has 0 radical (unpaired) electrons. The predicted molar refractivity (Wildman–Crippen MR) is 89.4 cm³/mol. The second kappa shape index (κ2) is 7.11. The van der Waals surface area contributed by atoms with Gasteiger partial charge in [0.15, 0.2) is 0 Å². The minimum absolute atomic E-state index is 0.226. The number of aromatic nitrogens is 1. The molecule has 0 aliphatic carbocycles. The molecule has 0 saturated carbocycles. The molecular weight excluding hydrogens is 320 g/mol. The number of thiazole rings is 1. The summed E-state index contributed by atoms with van der Waals surface area (Å²) in [7, 11) is 0. The van der Waals surface area contributed by atoms with Crippen LogP contribution in [0.2, 0.25) is 5.02 Å². The molecule has 1 atom stereocenters. The summed E-state index contributed by atoms with van der Waals surface area (Å²) in [4.78, 5) is 16.3. The topological polar surface area (TPSA) is 51.2 Å². The van der Waals surface area contributed by atoms with Gasteiger partial charge in [-0.1, -0.05) is 23.7 Å². The fraction of sp³-hybridized carbons (Fsp3) is 0.375. The van der Waals surface area contributed by atoms with Crippen LogP contribution in [0.4, 0.5) is 4.79 Å². The van der Waals surface area contributed by atoms with E-state index in [2.05, 4.69) is 10.3 Å². The zero-order valence-corrected chi connectivity index (χ0v) is 14.4. The van der Waals surface area contributed by atoms with Gasteiger partial charge in [-0.25, -0.2) is 9.78 Å². The van der Waals surface area contributed by atoms with Gasteiger partial charge in [-0.3, -0.25) is 0 Å². The van der Waals surface area contributed by atoms with E-state index in [9.17, 15) is 4.79 Å². The molecule has 1 N–H and O–H groups in total. The third-order valence-corrected chi connectivity index (χ3v) is 3.93. The Balaban J connectivity index is 2.10. The van der Waals surface area contributed by atoms with Gasteiger partial charge in [0.25, 0.3) is 0 Å². The second-order valence-corrected chi connectivity index (χ2v) is 7.26. The summed E-state index contributed by atoms with van der Waals surface area (Å²) >= 11 is 7.41. The standard InChI is InChI=1S/C16H19ClN2O2S/c1-16(2,3)21-15(20)19-13(14-18-8-9-22-14)10-11-4-6-12(17)7-5-11/h4-9,13H,10H2,1-3H3,(H,19,20)/t13-/m1/s1. The Morgan fingerprint density at radius 1 is 1.36 bits per heavy atom. The highest BCUT2D eigenvalue weighted by atomic mass is 35.5. The smallest absolute Gasteiger partial charge is 0.408 e. The van der Waals surface area contributed by atoms with Crippen LogP contribution in [0.3, 0.4) is 0 Å². The zero-order chi connectivity index (χ0) is 16.2. The number of ether oxygens (including phenoxy) is 1.